The summed E-state index contributed by atoms with van der Waals surface area (Å²) >= 11 is 0. The molecule has 28 heavy (non-hydrogen) atoms. The van der Waals surface area contributed by atoms with Crippen LogP contribution in [0.5, 0.6) is 0 Å². The van der Waals surface area contributed by atoms with E-state index in [1.165, 1.54) is 25.3 Å². The number of ketones is 1. The zero-order valence-electron chi connectivity index (χ0n) is 19.2. The molecule has 0 bridgehead atoms. The van der Waals surface area contributed by atoms with Crippen LogP contribution in [0.3, 0.4) is 0 Å². The monoisotopic (exact) mass is 400 g/mol. The van der Waals surface area contributed by atoms with Gasteiger partial charge >= 0.3 is 5.97 Å². The summed E-state index contributed by atoms with van der Waals surface area (Å²) in [4.78, 5) is 13.0. The molecule has 0 N–H and O–H groups in total. The lowest BCUT2D eigenvalue weighted by molar-refractivity contribution is -0.449. The first-order chi connectivity index (χ1) is 13.5. The summed E-state index contributed by atoms with van der Waals surface area (Å²) in [7, 11) is 1.63. The molecule has 0 aromatic heterocycles. The molecule has 0 aliphatic carbocycles. The van der Waals surface area contributed by atoms with Crippen molar-refractivity contribution in [2.24, 2.45) is 5.92 Å². The van der Waals surface area contributed by atoms with Crippen LogP contribution in [0.1, 0.15) is 86.0 Å². The number of hydrogen-bond donors (Lipinski definition) is 0. The van der Waals surface area contributed by atoms with E-state index in [9.17, 15) is 4.79 Å². The normalized spacial score (nSPS) is 15.2. The van der Waals surface area contributed by atoms with E-state index in [0.717, 1.165) is 19.3 Å². The highest BCUT2D eigenvalue weighted by atomic mass is 16.9. The van der Waals surface area contributed by atoms with Gasteiger partial charge < -0.3 is 18.9 Å². The molecule has 2 unspecified atom stereocenters. The SMILES string of the molecule is C=CC(=O)C(CCCCCCC)C(CCC)(OC)C(OCC)(OCC)OCC. The van der Waals surface area contributed by atoms with Gasteiger partial charge in [-0.05, 0) is 39.7 Å². The van der Waals surface area contributed by atoms with E-state index >= 15 is 0 Å². The fourth-order valence-corrected chi connectivity index (χ4v) is 4.04. The van der Waals surface area contributed by atoms with Crippen LogP contribution in [0.2, 0.25) is 0 Å². The Labute approximate surface area is 173 Å². The molecule has 166 valence electrons. The summed E-state index contributed by atoms with van der Waals surface area (Å²) in [5, 5.41) is 0. The second-order valence-electron chi connectivity index (χ2n) is 7.06. The molecule has 0 radical (unpaired) electrons. The van der Waals surface area contributed by atoms with E-state index in [4.69, 9.17) is 18.9 Å². The van der Waals surface area contributed by atoms with Crippen LogP contribution in [0.4, 0.5) is 0 Å². The van der Waals surface area contributed by atoms with E-state index in [2.05, 4.69) is 20.4 Å². The van der Waals surface area contributed by atoms with Gasteiger partial charge in [-0.2, -0.15) is 0 Å². The second kappa shape index (κ2) is 15.1. The Morgan fingerprint density at radius 1 is 0.893 bits per heavy atom. The Bertz CT molecular complexity index is 406. The highest BCUT2D eigenvalue weighted by Gasteiger charge is 2.61. The smallest absolute Gasteiger partial charge is 0.314 e. The third kappa shape index (κ3) is 6.94. The van der Waals surface area contributed by atoms with Crippen LogP contribution < -0.4 is 0 Å². The lowest BCUT2D eigenvalue weighted by Crippen LogP contribution is -2.65. The van der Waals surface area contributed by atoms with Crippen molar-refractivity contribution in [2.45, 2.75) is 97.6 Å². The predicted molar refractivity (Wildman–Crippen MR) is 114 cm³/mol. The van der Waals surface area contributed by atoms with E-state index in [-0.39, 0.29) is 5.78 Å². The van der Waals surface area contributed by atoms with E-state index < -0.39 is 17.5 Å². The van der Waals surface area contributed by atoms with Gasteiger partial charge in [0.2, 0.25) is 0 Å². The highest BCUT2D eigenvalue weighted by molar-refractivity contribution is 5.92. The summed E-state index contributed by atoms with van der Waals surface area (Å²) in [5.41, 5.74) is -1.04. The molecule has 0 aromatic rings. The first-order valence-corrected chi connectivity index (χ1v) is 11.1. The van der Waals surface area contributed by atoms with Crippen LogP contribution in [-0.4, -0.2) is 44.3 Å². The molecule has 0 spiro atoms. The summed E-state index contributed by atoms with van der Waals surface area (Å²) in [6, 6.07) is 0. The Kier molecular flexibility index (Phi) is 14.7. The molecule has 2 atom stereocenters. The van der Waals surface area contributed by atoms with Crippen molar-refractivity contribution in [2.75, 3.05) is 26.9 Å². The minimum atomic E-state index is -1.43. The number of rotatable bonds is 19. The molecule has 0 heterocycles. The minimum absolute atomic E-state index is 0.0470. The number of unbranched alkanes of at least 4 members (excludes halogenated alkanes) is 4. The number of carbonyl (C=O) groups excluding carboxylic acids is 1. The predicted octanol–water partition coefficient (Wildman–Crippen LogP) is 5.67. The van der Waals surface area contributed by atoms with Crippen LogP contribution in [0.25, 0.3) is 0 Å². The van der Waals surface area contributed by atoms with Crippen molar-refractivity contribution < 1.29 is 23.7 Å². The fraction of sp³-hybridized carbons (Fsp3) is 0.870. The van der Waals surface area contributed by atoms with Crippen molar-refractivity contribution in [1.82, 2.24) is 0 Å². The average Bonchev–Trinajstić information content (AvgIpc) is 2.69. The Balaban J connectivity index is 6.10. The number of methoxy groups -OCH3 is 1. The summed E-state index contributed by atoms with van der Waals surface area (Å²) in [6.45, 7) is 14.9. The molecule has 0 saturated heterocycles. The molecule has 5 heteroatoms. The lowest BCUT2D eigenvalue weighted by atomic mass is 9.75. The maximum Gasteiger partial charge on any atom is 0.314 e. The maximum absolute atomic E-state index is 13.0. The molecule has 0 aliphatic rings. The summed E-state index contributed by atoms with van der Waals surface area (Å²) in [5.74, 6) is -1.92. The Hall–Kier alpha value is -0.750. The van der Waals surface area contributed by atoms with Gasteiger partial charge in [-0.1, -0.05) is 59.0 Å². The minimum Gasteiger partial charge on any atom is -0.369 e. The first-order valence-electron chi connectivity index (χ1n) is 11.1. The van der Waals surface area contributed by atoms with E-state index in [0.29, 0.717) is 32.7 Å². The van der Waals surface area contributed by atoms with E-state index in [1.54, 1.807) is 7.11 Å². The van der Waals surface area contributed by atoms with Gasteiger partial charge in [0.15, 0.2) is 11.4 Å². The first kappa shape index (κ1) is 27.2. The zero-order valence-corrected chi connectivity index (χ0v) is 19.2. The van der Waals surface area contributed by atoms with Crippen LogP contribution >= 0.6 is 0 Å². The highest BCUT2D eigenvalue weighted by Crippen LogP contribution is 2.44. The topological polar surface area (TPSA) is 54.0 Å². The number of carbonyl (C=O) groups is 1. The van der Waals surface area contributed by atoms with Gasteiger partial charge in [0.1, 0.15) is 0 Å². The second-order valence-corrected chi connectivity index (χ2v) is 7.06. The molecular formula is C23H44O5. The fourth-order valence-electron chi connectivity index (χ4n) is 4.04. The molecule has 0 aliphatic heterocycles. The standard InChI is InChI=1S/C23H44O5/c1-8-14-15-16-17-18-20(21(24)10-3)22(25-7,19-9-2)23(26-11-4,27-12-5)28-13-6/h10,20H,3,8-9,11-19H2,1-2,4-7H3. The number of hydrogen-bond acceptors (Lipinski definition) is 5. The van der Waals surface area contributed by atoms with Crippen molar-refractivity contribution in [1.29, 1.82) is 0 Å². The van der Waals surface area contributed by atoms with Gasteiger partial charge in [0.25, 0.3) is 0 Å². The maximum atomic E-state index is 13.0. The third-order valence-corrected chi connectivity index (χ3v) is 5.21. The van der Waals surface area contributed by atoms with Gasteiger partial charge in [0.05, 0.1) is 5.92 Å². The molecule has 0 amide bonds. The quantitative estimate of drug-likeness (QED) is 0.159. The van der Waals surface area contributed by atoms with Crippen molar-refractivity contribution in [3.63, 3.8) is 0 Å². The van der Waals surface area contributed by atoms with Gasteiger partial charge in [-0.3, -0.25) is 4.79 Å². The number of allylic oxidation sites excluding steroid dienone is 1. The van der Waals surface area contributed by atoms with Crippen molar-refractivity contribution in [3.8, 4) is 0 Å². The molecule has 0 aromatic carbocycles. The zero-order chi connectivity index (χ0) is 21.5. The molecule has 0 fully saturated rings. The van der Waals surface area contributed by atoms with Gasteiger partial charge in [0, 0.05) is 26.9 Å². The number of ether oxygens (including phenoxy) is 4. The third-order valence-electron chi connectivity index (χ3n) is 5.21. The van der Waals surface area contributed by atoms with Crippen LogP contribution in [0, 0.1) is 5.92 Å². The molecule has 0 rings (SSSR count). The lowest BCUT2D eigenvalue weighted by Gasteiger charge is -2.50. The molecular weight excluding hydrogens is 356 g/mol. The van der Waals surface area contributed by atoms with Crippen molar-refractivity contribution in [3.05, 3.63) is 12.7 Å². The molecule has 5 nitrogen and oxygen atoms in total. The Morgan fingerprint density at radius 2 is 1.43 bits per heavy atom. The van der Waals surface area contributed by atoms with Crippen LogP contribution in [-0.2, 0) is 23.7 Å². The Morgan fingerprint density at radius 3 is 1.82 bits per heavy atom. The van der Waals surface area contributed by atoms with Gasteiger partial charge in [-0.25, -0.2) is 0 Å². The van der Waals surface area contributed by atoms with Gasteiger partial charge in [-0.15, -0.1) is 0 Å². The largest absolute Gasteiger partial charge is 0.369 e. The van der Waals surface area contributed by atoms with E-state index in [1.807, 2.05) is 20.8 Å². The summed E-state index contributed by atoms with van der Waals surface area (Å²) in [6.07, 6.45) is 9.09. The molecule has 0 saturated carbocycles. The van der Waals surface area contributed by atoms with Crippen molar-refractivity contribution >= 4 is 5.78 Å². The van der Waals surface area contributed by atoms with Crippen LogP contribution in [0.15, 0.2) is 12.7 Å². The average molecular weight is 401 g/mol. The summed E-state index contributed by atoms with van der Waals surface area (Å²) < 4.78 is 24.4.